The molecule has 70 valence electrons. The Kier molecular flexibility index (Phi) is 6.61. The molecule has 0 bridgehead atoms. The highest BCUT2D eigenvalue weighted by molar-refractivity contribution is 5.73. The highest BCUT2D eigenvalue weighted by atomic mass is 16.6. The second-order valence-corrected chi connectivity index (χ2v) is 2.62. The molecular formula is C9H16O3. The summed E-state index contributed by atoms with van der Waals surface area (Å²) in [6.45, 7) is 1.56. The van der Waals surface area contributed by atoms with Gasteiger partial charge in [-0.1, -0.05) is 6.08 Å². The largest absolute Gasteiger partial charge is 0.368 e. The third-order valence-electron chi connectivity index (χ3n) is 1.57. The zero-order valence-electron chi connectivity index (χ0n) is 7.62. The predicted octanol–water partition coefficient (Wildman–Crippen LogP) is 1.27. The van der Waals surface area contributed by atoms with Crippen molar-refractivity contribution in [2.75, 3.05) is 7.11 Å². The van der Waals surface area contributed by atoms with Crippen LogP contribution < -0.4 is 0 Å². The second-order valence-electron chi connectivity index (χ2n) is 2.62. The lowest BCUT2D eigenvalue weighted by Gasteiger charge is -1.94. The monoisotopic (exact) mass is 172 g/mol. The second kappa shape index (κ2) is 7.00. The van der Waals surface area contributed by atoms with Crippen molar-refractivity contribution in [3.63, 3.8) is 0 Å². The van der Waals surface area contributed by atoms with E-state index >= 15 is 0 Å². The minimum absolute atomic E-state index is 0.616. The Morgan fingerprint density at radius 2 is 2.33 bits per heavy atom. The smallest absolute Gasteiger partial charge is 0.151 e. The average Bonchev–Trinajstić information content (AvgIpc) is 2.57. The molecule has 0 spiro atoms. The summed E-state index contributed by atoms with van der Waals surface area (Å²) >= 11 is 0. The summed E-state index contributed by atoms with van der Waals surface area (Å²) in [4.78, 5) is 9.94. The van der Waals surface area contributed by atoms with Crippen LogP contribution in [0.5, 0.6) is 0 Å². The van der Waals surface area contributed by atoms with Gasteiger partial charge < -0.3 is 9.84 Å². The van der Waals surface area contributed by atoms with Crippen LogP contribution in [0.3, 0.4) is 0 Å². The molecule has 0 saturated carbocycles. The molecule has 1 aliphatic carbocycles. The molecule has 0 aromatic heterocycles. The number of methoxy groups -OCH3 is 1. The van der Waals surface area contributed by atoms with Gasteiger partial charge in [-0.25, -0.2) is 0 Å². The number of hydrogen-bond donors (Lipinski definition) is 1. The van der Waals surface area contributed by atoms with Gasteiger partial charge in [0.2, 0.25) is 0 Å². The van der Waals surface area contributed by atoms with E-state index in [-0.39, 0.29) is 0 Å². The SMILES string of the molecule is COC(C)O.O=CC1=CCCC1. The quantitative estimate of drug-likeness (QED) is 0.504. The maximum Gasteiger partial charge on any atom is 0.151 e. The maximum absolute atomic E-state index is 9.94. The first kappa shape index (κ1) is 11.3. The molecule has 0 fully saturated rings. The van der Waals surface area contributed by atoms with Crippen LogP contribution in [0.4, 0.5) is 0 Å². The van der Waals surface area contributed by atoms with Gasteiger partial charge in [-0.3, -0.25) is 4.79 Å². The fourth-order valence-electron chi connectivity index (χ4n) is 0.803. The molecular weight excluding hydrogens is 156 g/mol. The van der Waals surface area contributed by atoms with Crippen LogP contribution in [-0.2, 0) is 9.53 Å². The van der Waals surface area contributed by atoms with Gasteiger partial charge in [-0.15, -0.1) is 0 Å². The molecule has 3 nitrogen and oxygen atoms in total. The van der Waals surface area contributed by atoms with Crippen LogP contribution in [0, 0.1) is 0 Å². The molecule has 3 heteroatoms. The van der Waals surface area contributed by atoms with Gasteiger partial charge in [0.05, 0.1) is 0 Å². The third-order valence-corrected chi connectivity index (χ3v) is 1.57. The molecule has 12 heavy (non-hydrogen) atoms. The first-order chi connectivity index (χ1) is 5.70. The van der Waals surface area contributed by atoms with E-state index in [9.17, 15) is 4.79 Å². The summed E-state index contributed by atoms with van der Waals surface area (Å²) in [5, 5.41) is 8.14. The Balaban J connectivity index is 0.000000217. The van der Waals surface area contributed by atoms with E-state index in [1.54, 1.807) is 6.92 Å². The number of aliphatic hydroxyl groups excluding tert-OH is 1. The highest BCUT2D eigenvalue weighted by Gasteiger charge is 1.99. The number of carbonyl (C=O) groups excluding carboxylic acids is 1. The summed E-state index contributed by atoms with van der Waals surface area (Å²) in [5.74, 6) is 0. The zero-order chi connectivity index (χ0) is 9.40. The van der Waals surface area contributed by atoms with Crippen molar-refractivity contribution in [2.45, 2.75) is 32.5 Å². The van der Waals surface area contributed by atoms with Crippen molar-refractivity contribution in [2.24, 2.45) is 0 Å². The third kappa shape index (κ3) is 6.07. The molecule has 1 unspecified atom stereocenters. The van der Waals surface area contributed by atoms with Crippen molar-refractivity contribution in [1.29, 1.82) is 0 Å². The van der Waals surface area contributed by atoms with Crippen LogP contribution in [0.25, 0.3) is 0 Å². The summed E-state index contributed by atoms with van der Waals surface area (Å²) < 4.78 is 4.31. The van der Waals surface area contributed by atoms with Crippen molar-refractivity contribution in [3.8, 4) is 0 Å². The lowest BCUT2D eigenvalue weighted by molar-refractivity contribution is -0.105. The Labute approximate surface area is 73.0 Å². The van der Waals surface area contributed by atoms with Crippen LogP contribution in [0.15, 0.2) is 11.6 Å². The maximum atomic E-state index is 9.94. The molecule has 1 N–H and O–H groups in total. The Morgan fingerprint density at radius 3 is 2.50 bits per heavy atom. The van der Waals surface area contributed by atoms with Crippen molar-refractivity contribution < 1.29 is 14.6 Å². The Hall–Kier alpha value is -0.670. The molecule has 0 amide bonds. The minimum Gasteiger partial charge on any atom is -0.368 e. The van der Waals surface area contributed by atoms with Crippen molar-refractivity contribution in [3.05, 3.63) is 11.6 Å². The summed E-state index contributed by atoms with van der Waals surface area (Å²) in [5.41, 5.74) is 0.986. The van der Waals surface area contributed by atoms with Crippen LogP contribution >= 0.6 is 0 Å². The van der Waals surface area contributed by atoms with Gasteiger partial charge in [0, 0.05) is 7.11 Å². The fourth-order valence-corrected chi connectivity index (χ4v) is 0.803. The van der Waals surface area contributed by atoms with Crippen molar-refractivity contribution >= 4 is 6.29 Å². The predicted molar refractivity (Wildman–Crippen MR) is 46.7 cm³/mol. The molecule has 0 aromatic carbocycles. The average molecular weight is 172 g/mol. The van der Waals surface area contributed by atoms with Crippen LogP contribution in [-0.4, -0.2) is 24.8 Å². The van der Waals surface area contributed by atoms with Gasteiger partial charge in [0.15, 0.2) is 6.29 Å². The lowest BCUT2D eigenvalue weighted by Crippen LogP contribution is -1.99. The van der Waals surface area contributed by atoms with Crippen LogP contribution in [0.2, 0.25) is 0 Å². The zero-order valence-corrected chi connectivity index (χ0v) is 7.62. The molecule has 1 aliphatic rings. The molecule has 0 heterocycles. The van der Waals surface area contributed by atoms with E-state index in [2.05, 4.69) is 4.74 Å². The number of allylic oxidation sites excluding steroid dienone is 2. The van der Waals surface area contributed by atoms with Crippen LogP contribution in [0.1, 0.15) is 26.2 Å². The molecule has 0 radical (unpaired) electrons. The minimum atomic E-state index is -0.616. The molecule has 1 atom stereocenters. The normalized spacial score (nSPS) is 17.4. The number of aliphatic hydroxyl groups is 1. The molecule has 0 aromatic rings. The molecule has 0 aliphatic heterocycles. The van der Waals surface area contributed by atoms with E-state index in [1.165, 1.54) is 13.5 Å². The van der Waals surface area contributed by atoms with Gasteiger partial charge in [0.1, 0.15) is 6.29 Å². The first-order valence-corrected chi connectivity index (χ1v) is 4.05. The van der Waals surface area contributed by atoms with E-state index in [0.717, 1.165) is 24.7 Å². The van der Waals surface area contributed by atoms with E-state index in [4.69, 9.17) is 5.11 Å². The molecule has 0 saturated heterocycles. The highest BCUT2D eigenvalue weighted by Crippen LogP contribution is 2.14. The lowest BCUT2D eigenvalue weighted by atomic mass is 10.3. The number of carbonyl (C=O) groups is 1. The first-order valence-electron chi connectivity index (χ1n) is 4.05. The summed E-state index contributed by atoms with van der Waals surface area (Å²) in [7, 11) is 1.45. The Morgan fingerprint density at radius 1 is 1.75 bits per heavy atom. The van der Waals surface area contributed by atoms with E-state index in [1.807, 2.05) is 6.08 Å². The topological polar surface area (TPSA) is 46.5 Å². The van der Waals surface area contributed by atoms with Gasteiger partial charge in [-0.2, -0.15) is 0 Å². The van der Waals surface area contributed by atoms with E-state index in [0.29, 0.717) is 0 Å². The van der Waals surface area contributed by atoms with Gasteiger partial charge in [-0.05, 0) is 31.8 Å². The standard InChI is InChI=1S/C6H8O.C3H8O2/c7-5-6-3-1-2-4-6;1-3(4)5-2/h3,5H,1-2,4H2;3-4H,1-2H3. The van der Waals surface area contributed by atoms with Gasteiger partial charge in [0.25, 0.3) is 0 Å². The van der Waals surface area contributed by atoms with E-state index < -0.39 is 6.29 Å². The number of hydrogen-bond acceptors (Lipinski definition) is 3. The number of ether oxygens (including phenoxy) is 1. The number of rotatable bonds is 2. The van der Waals surface area contributed by atoms with Crippen molar-refractivity contribution in [1.82, 2.24) is 0 Å². The summed E-state index contributed by atoms with van der Waals surface area (Å²) in [6.07, 6.45) is 5.63. The fraction of sp³-hybridized carbons (Fsp3) is 0.667. The summed E-state index contributed by atoms with van der Waals surface area (Å²) in [6, 6.07) is 0. The molecule has 1 rings (SSSR count). The van der Waals surface area contributed by atoms with Gasteiger partial charge >= 0.3 is 0 Å². The Bertz CT molecular complexity index is 150. The number of aldehydes is 1.